The van der Waals surface area contributed by atoms with E-state index in [4.69, 9.17) is 0 Å². The summed E-state index contributed by atoms with van der Waals surface area (Å²) in [6.45, 7) is 8.17. The van der Waals surface area contributed by atoms with Crippen molar-refractivity contribution in [2.45, 2.75) is 27.7 Å². The molecule has 0 fully saturated rings. The first-order chi connectivity index (χ1) is 13.8. The number of aryl methyl sites for hydroxylation is 3. The highest BCUT2D eigenvalue weighted by molar-refractivity contribution is 5.95. The minimum Gasteiger partial charge on any atom is -0.318 e. The molecule has 0 saturated carbocycles. The number of nitro groups is 1. The lowest BCUT2D eigenvalue weighted by atomic mass is 10.1. The first kappa shape index (κ1) is 20.0. The molecule has 1 amide bonds. The molecule has 1 aromatic heterocycles. The third kappa shape index (κ3) is 4.40. The van der Waals surface area contributed by atoms with E-state index in [1.165, 1.54) is 35.4 Å². The highest BCUT2D eigenvalue weighted by Gasteiger charge is 2.11. The van der Waals surface area contributed by atoms with E-state index in [0.717, 1.165) is 22.6 Å². The zero-order valence-corrected chi connectivity index (χ0v) is 16.8. The number of hydrogen-bond donors (Lipinski definition) is 1. The van der Waals surface area contributed by atoms with Gasteiger partial charge in [0.25, 0.3) is 11.6 Å². The van der Waals surface area contributed by atoms with Gasteiger partial charge in [0.15, 0.2) is 0 Å². The fraction of sp³-hybridized carbons (Fsp3) is 0.182. The fourth-order valence-corrected chi connectivity index (χ4v) is 3.35. The number of hydrazone groups is 1. The maximum atomic E-state index is 12.2. The molecule has 3 aromatic rings. The molecule has 0 unspecified atom stereocenters. The molecule has 0 saturated heterocycles. The van der Waals surface area contributed by atoms with Gasteiger partial charge in [-0.15, -0.1) is 0 Å². The molecule has 2 aromatic carbocycles. The Balaban J connectivity index is 1.77. The fourth-order valence-electron chi connectivity index (χ4n) is 3.35. The molecular formula is C22H22N4O3. The van der Waals surface area contributed by atoms with Crippen LogP contribution in [0.1, 0.15) is 38.4 Å². The predicted octanol–water partition coefficient (Wildman–Crippen LogP) is 4.38. The molecule has 7 heteroatoms. The van der Waals surface area contributed by atoms with Gasteiger partial charge < -0.3 is 4.57 Å². The van der Waals surface area contributed by atoms with Crippen LogP contribution in [0.2, 0.25) is 0 Å². The van der Waals surface area contributed by atoms with Crippen molar-refractivity contribution in [3.63, 3.8) is 0 Å². The number of rotatable bonds is 5. The standard InChI is InChI=1S/C22H22N4O3/c1-14-9-15(2)11-21(10-14)25-16(3)12-19(17(25)4)13-23-24-22(27)18-5-7-20(8-6-18)26(28)29/h5-13H,1-4H3,(H,24,27)/b23-13+. The molecule has 0 aliphatic carbocycles. The summed E-state index contributed by atoms with van der Waals surface area (Å²) in [6, 6.07) is 13.8. The Kier molecular flexibility index (Phi) is 5.59. The topological polar surface area (TPSA) is 89.5 Å². The van der Waals surface area contributed by atoms with Crippen molar-refractivity contribution in [2.75, 3.05) is 0 Å². The summed E-state index contributed by atoms with van der Waals surface area (Å²) in [7, 11) is 0. The Morgan fingerprint density at radius 2 is 1.66 bits per heavy atom. The van der Waals surface area contributed by atoms with E-state index in [9.17, 15) is 14.9 Å². The number of non-ortho nitro benzene ring substituents is 1. The first-order valence-corrected chi connectivity index (χ1v) is 9.11. The highest BCUT2D eigenvalue weighted by Crippen LogP contribution is 2.22. The maximum Gasteiger partial charge on any atom is 0.271 e. The number of nitrogens with one attached hydrogen (secondary N) is 1. The van der Waals surface area contributed by atoms with E-state index < -0.39 is 10.8 Å². The molecule has 0 aliphatic rings. The van der Waals surface area contributed by atoms with Gasteiger partial charge in [0.2, 0.25) is 0 Å². The van der Waals surface area contributed by atoms with Gasteiger partial charge in [0.1, 0.15) is 0 Å². The van der Waals surface area contributed by atoms with Crippen molar-refractivity contribution < 1.29 is 9.72 Å². The van der Waals surface area contributed by atoms with E-state index in [-0.39, 0.29) is 5.69 Å². The first-order valence-electron chi connectivity index (χ1n) is 9.11. The van der Waals surface area contributed by atoms with Gasteiger partial charge in [-0.05, 0) is 69.2 Å². The second-order valence-electron chi connectivity index (χ2n) is 7.01. The van der Waals surface area contributed by atoms with E-state index in [1.807, 2.05) is 19.9 Å². The molecule has 7 nitrogen and oxygen atoms in total. The third-order valence-corrected chi connectivity index (χ3v) is 4.64. The number of benzene rings is 2. The van der Waals surface area contributed by atoms with Crippen LogP contribution in [0.4, 0.5) is 5.69 Å². The lowest BCUT2D eigenvalue weighted by Gasteiger charge is -2.11. The number of carbonyl (C=O) groups is 1. The van der Waals surface area contributed by atoms with Crippen molar-refractivity contribution in [1.29, 1.82) is 0 Å². The molecule has 0 aliphatic heterocycles. The second kappa shape index (κ2) is 8.10. The Morgan fingerprint density at radius 1 is 1.03 bits per heavy atom. The molecule has 1 heterocycles. The minimum atomic E-state index is -0.509. The van der Waals surface area contributed by atoms with Crippen LogP contribution in [-0.4, -0.2) is 21.6 Å². The molecule has 0 spiro atoms. The summed E-state index contributed by atoms with van der Waals surface area (Å²) in [5.74, 6) is -0.431. The number of aromatic nitrogens is 1. The predicted molar refractivity (Wildman–Crippen MR) is 113 cm³/mol. The second-order valence-corrected chi connectivity index (χ2v) is 7.01. The van der Waals surface area contributed by atoms with E-state index in [1.54, 1.807) is 6.21 Å². The van der Waals surface area contributed by atoms with E-state index in [0.29, 0.717) is 5.56 Å². The molecule has 0 atom stereocenters. The number of hydrogen-bond acceptors (Lipinski definition) is 4. The summed E-state index contributed by atoms with van der Waals surface area (Å²) in [5.41, 5.74) is 9.14. The zero-order chi connectivity index (χ0) is 21.1. The van der Waals surface area contributed by atoms with Crippen molar-refractivity contribution in [2.24, 2.45) is 5.10 Å². The third-order valence-electron chi connectivity index (χ3n) is 4.64. The Hall–Kier alpha value is -3.74. The average molecular weight is 390 g/mol. The van der Waals surface area contributed by atoms with Crippen LogP contribution in [0.5, 0.6) is 0 Å². The molecule has 3 rings (SSSR count). The number of nitrogens with zero attached hydrogens (tertiary/aromatic N) is 3. The smallest absolute Gasteiger partial charge is 0.271 e. The molecule has 0 bridgehead atoms. The number of nitro benzene ring substituents is 1. The summed E-state index contributed by atoms with van der Waals surface area (Å²) < 4.78 is 2.15. The summed E-state index contributed by atoms with van der Waals surface area (Å²) >= 11 is 0. The van der Waals surface area contributed by atoms with Crippen LogP contribution >= 0.6 is 0 Å². The van der Waals surface area contributed by atoms with Crippen molar-refractivity contribution in [3.05, 3.63) is 92.3 Å². The molecule has 1 N–H and O–H groups in total. The van der Waals surface area contributed by atoms with Gasteiger partial charge in [0, 0.05) is 40.3 Å². The molecular weight excluding hydrogens is 368 g/mol. The van der Waals surface area contributed by atoms with Gasteiger partial charge in [-0.2, -0.15) is 5.10 Å². The Labute approximate surface area is 168 Å². The maximum absolute atomic E-state index is 12.2. The normalized spacial score (nSPS) is 11.0. The Morgan fingerprint density at radius 3 is 2.24 bits per heavy atom. The van der Waals surface area contributed by atoms with Crippen LogP contribution < -0.4 is 5.43 Å². The SMILES string of the molecule is Cc1cc(C)cc(-n2c(C)cc(/C=N/NC(=O)c3ccc([N+](=O)[O-])cc3)c2C)c1. The lowest BCUT2D eigenvalue weighted by Crippen LogP contribution is -2.17. The molecule has 29 heavy (non-hydrogen) atoms. The lowest BCUT2D eigenvalue weighted by molar-refractivity contribution is -0.384. The zero-order valence-electron chi connectivity index (χ0n) is 16.8. The quantitative estimate of drug-likeness (QED) is 0.398. The largest absolute Gasteiger partial charge is 0.318 e. The van der Waals surface area contributed by atoms with Gasteiger partial charge >= 0.3 is 0 Å². The van der Waals surface area contributed by atoms with Crippen molar-refractivity contribution in [1.82, 2.24) is 9.99 Å². The summed E-state index contributed by atoms with van der Waals surface area (Å²) in [6.07, 6.45) is 1.60. The monoisotopic (exact) mass is 390 g/mol. The van der Waals surface area contributed by atoms with Crippen molar-refractivity contribution >= 4 is 17.8 Å². The Bertz CT molecular complexity index is 1090. The van der Waals surface area contributed by atoms with Crippen LogP contribution in [0.15, 0.2) is 53.6 Å². The average Bonchev–Trinajstić information content (AvgIpc) is 2.94. The number of carbonyl (C=O) groups excluding carboxylic acids is 1. The number of amides is 1. The molecule has 0 radical (unpaired) electrons. The highest BCUT2D eigenvalue weighted by atomic mass is 16.6. The van der Waals surface area contributed by atoms with Gasteiger partial charge in [-0.1, -0.05) is 6.07 Å². The van der Waals surface area contributed by atoms with E-state index in [2.05, 4.69) is 47.1 Å². The minimum absolute atomic E-state index is 0.0659. The van der Waals surface area contributed by atoms with Crippen LogP contribution in [0.25, 0.3) is 5.69 Å². The summed E-state index contributed by atoms with van der Waals surface area (Å²) in [5, 5.41) is 14.7. The van der Waals surface area contributed by atoms with Crippen LogP contribution in [-0.2, 0) is 0 Å². The molecule has 148 valence electrons. The van der Waals surface area contributed by atoms with E-state index >= 15 is 0 Å². The van der Waals surface area contributed by atoms with Gasteiger partial charge in [-0.25, -0.2) is 5.43 Å². The van der Waals surface area contributed by atoms with Crippen LogP contribution in [0.3, 0.4) is 0 Å². The van der Waals surface area contributed by atoms with Gasteiger partial charge in [0.05, 0.1) is 11.1 Å². The van der Waals surface area contributed by atoms with Gasteiger partial charge in [-0.3, -0.25) is 14.9 Å². The summed E-state index contributed by atoms with van der Waals surface area (Å²) in [4.78, 5) is 22.4. The van der Waals surface area contributed by atoms with Crippen LogP contribution in [0, 0.1) is 37.8 Å². The van der Waals surface area contributed by atoms with Crippen molar-refractivity contribution in [3.8, 4) is 5.69 Å².